The fraction of sp³-hybridized carbons (Fsp3) is 0.471. The summed E-state index contributed by atoms with van der Waals surface area (Å²) in [5, 5.41) is 11.5. The van der Waals surface area contributed by atoms with Gasteiger partial charge in [0.1, 0.15) is 0 Å². The van der Waals surface area contributed by atoms with Crippen LogP contribution in [0.3, 0.4) is 0 Å². The van der Waals surface area contributed by atoms with Crippen LogP contribution in [-0.4, -0.2) is 33.5 Å². The maximum absolute atomic E-state index is 12.4. The molecule has 1 amide bonds. The van der Waals surface area contributed by atoms with E-state index in [2.05, 4.69) is 15.5 Å². The van der Waals surface area contributed by atoms with Crippen LogP contribution in [0.1, 0.15) is 42.6 Å². The fourth-order valence-electron chi connectivity index (χ4n) is 3.20. The number of benzene rings is 1. The second-order valence-electron chi connectivity index (χ2n) is 6.07. The SMILES string of the molecule is NCC(NC(=O)c1cnn(-c2ccccc2)n1)C1CCCCC1. The van der Waals surface area contributed by atoms with Crippen LogP contribution in [-0.2, 0) is 0 Å². The van der Waals surface area contributed by atoms with E-state index >= 15 is 0 Å². The van der Waals surface area contributed by atoms with Crippen molar-refractivity contribution < 1.29 is 4.79 Å². The standard InChI is InChI=1S/C17H23N5O/c18-11-15(13-7-3-1-4-8-13)20-17(23)16-12-19-22(21-16)14-9-5-2-6-10-14/h2,5-6,9-10,12-13,15H,1,3-4,7-8,11,18H2,(H,20,23). The molecule has 1 atom stereocenters. The number of carbonyl (C=O) groups excluding carboxylic acids is 1. The maximum Gasteiger partial charge on any atom is 0.273 e. The first kappa shape index (κ1) is 15.7. The van der Waals surface area contributed by atoms with E-state index in [9.17, 15) is 4.79 Å². The lowest BCUT2D eigenvalue weighted by atomic mass is 9.84. The van der Waals surface area contributed by atoms with Crippen molar-refractivity contribution in [1.29, 1.82) is 0 Å². The molecular formula is C17H23N5O. The van der Waals surface area contributed by atoms with Crippen molar-refractivity contribution in [3.8, 4) is 5.69 Å². The first-order chi connectivity index (χ1) is 11.3. The maximum atomic E-state index is 12.4. The van der Waals surface area contributed by atoms with Crippen molar-refractivity contribution in [3.63, 3.8) is 0 Å². The lowest BCUT2D eigenvalue weighted by Crippen LogP contribution is -2.46. The molecule has 1 saturated carbocycles. The molecule has 1 aromatic carbocycles. The van der Waals surface area contributed by atoms with Gasteiger partial charge < -0.3 is 11.1 Å². The van der Waals surface area contributed by atoms with E-state index < -0.39 is 0 Å². The summed E-state index contributed by atoms with van der Waals surface area (Å²) < 4.78 is 0. The Kier molecular flexibility index (Phi) is 5.02. The van der Waals surface area contributed by atoms with Gasteiger partial charge in [0.25, 0.3) is 5.91 Å². The van der Waals surface area contributed by atoms with Gasteiger partial charge in [-0.05, 0) is 30.9 Å². The molecule has 1 heterocycles. The molecule has 3 rings (SSSR count). The fourth-order valence-corrected chi connectivity index (χ4v) is 3.20. The summed E-state index contributed by atoms with van der Waals surface area (Å²) in [6, 6.07) is 9.55. The number of aromatic nitrogens is 3. The third-order valence-corrected chi connectivity index (χ3v) is 4.50. The lowest BCUT2D eigenvalue weighted by Gasteiger charge is -2.29. The van der Waals surface area contributed by atoms with E-state index in [4.69, 9.17) is 5.73 Å². The first-order valence-electron chi connectivity index (χ1n) is 8.26. The second kappa shape index (κ2) is 7.37. The van der Waals surface area contributed by atoms with Crippen molar-refractivity contribution in [2.45, 2.75) is 38.1 Å². The van der Waals surface area contributed by atoms with Crippen LogP contribution in [0.4, 0.5) is 0 Å². The average molecular weight is 313 g/mol. The number of amides is 1. The Morgan fingerprint density at radius 3 is 2.70 bits per heavy atom. The van der Waals surface area contributed by atoms with E-state index in [0.717, 1.165) is 18.5 Å². The Hall–Kier alpha value is -2.21. The Balaban J connectivity index is 1.67. The number of para-hydroxylation sites is 1. The summed E-state index contributed by atoms with van der Waals surface area (Å²) in [6.07, 6.45) is 7.50. The number of nitrogens with one attached hydrogen (secondary N) is 1. The molecule has 6 heteroatoms. The molecule has 1 fully saturated rings. The van der Waals surface area contributed by atoms with Crippen molar-refractivity contribution in [2.75, 3.05) is 6.54 Å². The summed E-state index contributed by atoms with van der Waals surface area (Å²) in [4.78, 5) is 13.9. The van der Waals surface area contributed by atoms with Crippen LogP contribution < -0.4 is 11.1 Å². The van der Waals surface area contributed by atoms with E-state index in [1.54, 1.807) is 0 Å². The van der Waals surface area contributed by atoms with E-state index in [1.165, 1.54) is 30.3 Å². The van der Waals surface area contributed by atoms with E-state index in [0.29, 0.717) is 18.2 Å². The predicted molar refractivity (Wildman–Crippen MR) is 88.2 cm³/mol. The van der Waals surface area contributed by atoms with Crippen LogP contribution >= 0.6 is 0 Å². The normalized spacial score (nSPS) is 16.9. The molecule has 0 radical (unpaired) electrons. The number of rotatable bonds is 5. The molecule has 1 aliphatic rings. The smallest absolute Gasteiger partial charge is 0.273 e. The van der Waals surface area contributed by atoms with Gasteiger partial charge in [0.15, 0.2) is 5.69 Å². The summed E-state index contributed by atoms with van der Waals surface area (Å²) >= 11 is 0. The molecule has 1 aliphatic carbocycles. The number of hydrogen-bond acceptors (Lipinski definition) is 4. The number of hydrogen-bond donors (Lipinski definition) is 2. The van der Waals surface area contributed by atoms with Crippen molar-refractivity contribution in [3.05, 3.63) is 42.2 Å². The Morgan fingerprint density at radius 2 is 2.00 bits per heavy atom. The highest BCUT2D eigenvalue weighted by atomic mass is 16.2. The number of nitrogens with two attached hydrogens (primary N) is 1. The monoisotopic (exact) mass is 313 g/mol. The zero-order valence-corrected chi connectivity index (χ0v) is 13.2. The molecule has 0 aliphatic heterocycles. The highest BCUT2D eigenvalue weighted by molar-refractivity contribution is 5.92. The van der Waals surface area contributed by atoms with Gasteiger partial charge in [0.05, 0.1) is 11.9 Å². The zero-order chi connectivity index (χ0) is 16.1. The van der Waals surface area contributed by atoms with Crippen molar-refractivity contribution in [2.24, 2.45) is 11.7 Å². The minimum Gasteiger partial charge on any atom is -0.346 e. The minimum atomic E-state index is -0.201. The molecule has 0 bridgehead atoms. The number of carbonyl (C=O) groups is 1. The summed E-state index contributed by atoms with van der Waals surface area (Å²) in [6.45, 7) is 0.462. The molecule has 6 nitrogen and oxygen atoms in total. The molecule has 23 heavy (non-hydrogen) atoms. The third-order valence-electron chi connectivity index (χ3n) is 4.50. The van der Waals surface area contributed by atoms with Crippen molar-refractivity contribution in [1.82, 2.24) is 20.3 Å². The Labute approximate surface area is 136 Å². The summed E-state index contributed by atoms with van der Waals surface area (Å²) in [7, 11) is 0. The van der Waals surface area contributed by atoms with Gasteiger partial charge in [-0.2, -0.15) is 9.90 Å². The van der Waals surface area contributed by atoms with Crippen LogP contribution in [0.15, 0.2) is 36.5 Å². The predicted octanol–water partition coefficient (Wildman–Crippen LogP) is 1.90. The average Bonchev–Trinajstić information content (AvgIpc) is 3.11. The first-order valence-corrected chi connectivity index (χ1v) is 8.26. The highest BCUT2D eigenvalue weighted by Gasteiger charge is 2.25. The quantitative estimate of drug-likeness (QED) is 0.883. The molecule has 2 aromatic rings. The van der Waals surface area contributed by atoms with Gasteiger partial charge >= 0.3 is 0 Å². The van der Waals surface area contributed by atoms with Gasteiger partial charge in [-0.15, -0.1) is 5.10 Å². The van der Waals surface area contributed by atoms with E-state index in [1.807, 2.05) is 30.3 Å². The van der Waals surface area contributed by atoms with Crippen molar-refractivity contribution >= 4 is 5.91 Å². The van der Waals surface area contributed by atoms with Crippen LogP contribution in [0.25, 0.3) is 5.69 Å². The Bertz CT molecular complexity index is 633. The van der Waals surface area contributed by atoms with Gasteiger partial charge in [-0.3, -0.25) is 4.79 Å². The van der Waals surface area contributed by atoms with Gasteiger partial charge in [0.2, 0.25) is 0 Å². The molecule has 0 saturated heterocycles. The third kappa shape index (κ3) is 3.76. The molecule has 3 N–H and O–H groups in total. The van der Waals surface area contributed by atoms with Gasteiger partial charge in [-0.25, -0.2) is 0 Å². The zero-order valence-electron chi connectivity index (χ0n) is 13.2. The highest BCUT2D eigenvalue weighted by Crippen LogP contribution is 2.26. The van der Waals surface area contributed by atoms with Crippen LogP contribution in [0, 0.1) is 5.92 Å². The molecule has 1 aromatic heterocycles. The molecule has 122 valence electrons. The van der Waals surface area contributed by atoms with Gasteiger partial charge in [0, 0.05) is 12.6 Å². The minimum absolute atomic E-state index is 0.0182. The summed E-state index contributed by atoms with van der Waals surface area (Å²) in [5.74, 6) is 0.273. The second-order valence-corrected chi connectivity index (χ2v) is 6.07. The van der Waals surface area contributed by atoms with Crippen LogP contribution in [0.2, 0.25) is 0 Å². The largest absolute Gasteiger partial charge is 0.346 e. The Morgan fingerprint density at radius 1 is 1.26 bits per heavy atom. The molecule has 0 spiro atoms. The topological polar surface area (TPSA) is 85.8 Å². The summed E-state index contributed by atoms with van der Waals surface area (Å²) in [5.41, 5.74) is 7.02. The van der Waals surface area contributed by atoms with Gasteiger partial charge in [-0.1, -0.05) is 37.5 Å². The molecular weight excluding hydrogens is 290 g/mol. The molecule has 1 unspecified atom stereocenters. The van der Waals surface area contributed by atoms with Crippen LogP contribution in [0.5, 0.6) is 0 Å². The number of nitrogens with zero attached hydrogens (tertiary/aromatic N) is 3. The lowest BCUT2D eigenvalue weighted by molar-refractivity contribution is 0.0910. The van der Waals surface area contributed by atoms with E-state index in [-0.39, 0.29) is 11.9 Å².